The molecule has 0 amide bonds. The van der Waals surface area contributed by atoms with Crippen molar-refractivity contribution in [1.29, 1.82) is 0 Å². The Morgan fingerprint density at radius 1 is 0.903 bits per heavy atom. The average Bonchev–Trinajstić information content (AvgIpc) is 2.68. The SMILES string of the molecule is CC#CC(C)C.CC#Cc1ccc(C(=O)C(C)C)cc1.CC(C)C1CCC#CCCC1. The van der Waals surface area contributed by atoms with Crippen LogP contribution in [-0.4, -0.2) is 5.78 Å². The minimum absolute atomic E-state index is 0.0538. The number of benzene rings is 1. The Balaban J connectivity index is 0.000000472. The first-order chi connectivity index (χ1) is 14.7. The van der Waals surface area contributed by atoms with Crippen LogP contribution in [0.4, 0.5) is 0 Å². The molecule has 2 rings (SSSR count). The lowest BCUT2D eigenvalue weighted by Crippen LogP contribution is -2.09. The van der Waals surface area contributed by atoms with E-state index in [1.54, 1.807) is 6.92 Å². The number of ketones is 1. The molecule has 0 saturated carbocycles. The minimum atomic E-state index is 0.0538. The van der Waals surface area contributed by atoms with Gasteiger partial charge in [0.05, 0.1) is 0 Å². The molecule has 1 aromatic rings. The van der Waals surface area contributed by atoms with Gasteiger partial charge in [-0.3, -0.25) is 4.79 Å². The first kappa shape index (κ1) is 28.6. The quantitative estimate of drug-likeness (QED) is 0.361. The Bertz CT molecular complexity index is 805. The molecule has 1 heteroatoms. The summed E-state index contributed by atoms with van der Waals surface area (Å²) in [5.74, 6) is 20.5. The van der Waals surface area contributed by atoms with E-state index in [-0.39, 0.29) is 11.7 Å². The van der Waals surface area contributed by atoms with Gasteiger partial charge in [-0.15, -0.1) is 29.6 Å². The largest absolute Gasteiger partial charge is 0.294 e. The van der Waals surface area contributed by atoms with E-state index in [1.165, 1.54) is 19.3 Å². The van der Waals surface area contributed by atoms with Gasteiger partial charge in [0, 0.05) is 35.8 Å². The predicted molar refractivity (Wildman–Crippen MR) is 136 cm³/mol. The minimum Gasteiger partial charge on any atom is -0.294 e. The number of carbonyl (C=O) groups is 1. The van der Waals surface area contributed by atoms with Crippen molar-refractivity contribution in [2.45, 2.75) is 87.5 Å². The molecular weight excluding hydrogens is 376 g/mol. The van der Waals surface area contributed by atoms with E-state index < -0.39 is 0 Å². The Hall–Kier alpha value is -2.43. The van der Waals surface area contributed by atoms with Crippen LogP contribution in [0.1, 0.15) is 103 Å². The summed E-state index contributed by atoms with van der Waals surface area (Å²) in [4.78, 5) is 11.6. The second-order valence-corrected chi connectivity index (χ2v) is 8.81. The molecule has 0 saturated heterocycles. The van der Waals surface area contributed by atoms with E-state index in [0.717, 1.165) is 35.8 Å². The van der Waals surface area contributed by atoms with Crippen LogP contribution < -0.4 is 0 Å². The van der Waals surface area contributed by atoms with Gasteiger partial charge in [-0.2, -0.15) is 0 Å². The summed E-state index contributed by atoms with van der Waals surface area (Å²) in [5, 5.41) is 0. The monoisotopic (exact) mass is 418 g/mol. The van der Waals surface area contributed by atoms with Crippen LogP contribution in [0, 0.1) is 59.2 Å². The summed E-state index contributed by atoms with van der Waals surface area (Å²) in [6, 6.07) is 7.43. The summed E-state index contributed by atoms with van der Waals surface area (Å²) < 4.78 is 0. The van der Waals surface area contributed by atoms with Gasteiger partial charge in [0.15, 0.2) is 5.78 Å². The molecule has 0 aliphatic heterocycles. The van der Waals surface area contributed by atoms with Crippen LogP contribution in [0.25, 0.3) is 0 Å². The first-order valence-electron chi connectivity index (χ1n) is 11.7. The van der Waals surface area contributed by atoms with Gasteiger partial charge in [0.1, 0.15) is 0 Å². The third-order valence-electron chi connectivity index (χ3n) is 4.98. The molecule has 1 aliphatic rings. The van der Waals surface area contributed by atoms with Crippen LogP contribution >= 0.6 is 0 Å². The van der Waals surface area contributed by atoms with Crippen LogP contribution in [0.3, 0.4) is 0 Å². The fourth-order valence-electron chi connectivity index (χ4n) is 3.18. The number of hydrogen-bond donors (Lipinski definition) is 0. The molecule has 31 heavy (non-hydrogen) atoms. The van der Waals surface area contributed by atoms with Crippen molar-refractivity contribution in [2.24, 2.45) is 23.7 Å². The standard InChI is InChI=1S/C13H14O.C11H18.C6H10/c1-4-5-11-6-8-12(9-7-11)13(14)10(2)3;1-10(2)11-8-6-4-3-5-7-9-11;1-4-5-6(2)3/h6-10H,1-3H3;10-11H,4,6-9H2,1-2H3;6H,1-3H3. The molecule has 168 valence electrons. The normalized spacial score (nSPS) is 14.6. The second-order valence-electron chi connectivity index (χ2n) is 8.81. The fraction of sp³-hybridized carbons (Fsp3) is 0.567. The Morgan fingerprint density at radius 3 is 1.97 bits per heavy atom. The van der Waals surface area contributed by atoms with Crippen molar-refractivity contribution in [2.75, 3.05) is 0 Å². The molecule has 1 aliphatic carbocycles. The van der Waals surface area contributed by atoms with E-state index in [2.05, 4.69) is 63.2 Å². The van der Waals surface area contributed by atoms with Gasteiger partial charge in [0.25, 0.3) is 0 Å². The van der Waals surface area contributed by atoms with E-state index in [4.69, 9.17) is 0 Å². The van der Waals surface area contributed by atoms with Gasteiger partial charge < -0.3 is 0 Å². The highest BCUT2D eigenvalue weighted by Crippen LogP contribution is 2.23. The fourth-order valence-corrected chi connectivity index (χ4v) is 3.18. The molecule has 0 heterocycles. The predicted octanol–water partition coefficient (Wildman–Crippen LogP) is 7.79. The summed E-state index contributed by atoms with van der Waals surface area (Å²) in [6.07, 6.45) is 6.29. The van der Waals surface area contributed by atoms with Gasteiger partial charge in [-0.1, -0.05) is 59.6 Å². The zero-order chi connectivity index (χ0) is 23.6. The highest BCUT2D eigenvalue weighted by atomic mass is 16.1. The molecule has 0 radical (unpaired) electrons. The van der Waals surface area contributed by atoms with Crippen molar-refractivity contribution in [3.8, 4) is 35.5 Å². The first-order valence-corrected chi connectivity index (χ1v) is 11.7. The van der Waals surface area contributed by atoms with Crippen LogP contribution in [0.2, 0.25) is 0 Å². The maximum absolute atomic E-state index is 11.6. The van der Waals surface area contributed by atoms with E-state index >= 15 is 0 Å². The van der Waals surface area contributed by atoms with Crippen LogP contribution in [-0.2, 0) is 0 Å². The highest BCUT2D eigenvalue weighted by molar-refractivity contribution is 5.97. The lowest BCUT2D eigenvalue weighted by molar-refractivity contribution is 0.0939. The maximum Gasteiger partial charge on any atom is 0.165 e. The number of hydrogen-bond acceptors (Lipinski definition) is 1. The summed E-state index contributed by atoms with van der Waals surface area (Å²) in [6.45, 7) is 16.3. The van der Waals surface area contributed by atoms with Crippen molar-refractivity contribution in [3.05, 3.63) is 35.4 Å². The third kappa shape index (κ3) is 14.2. The third-order valence-corrected chi connectivity index (χ3v) is 4.98. The number of Topliss-reactive ketones (excluding diaryl/α,β-unsaturated/α-hetero) is 1. The smallest absolute Gasteiger partial charge is 0.165 e. The van der Waals surface area contributed by atoms with Gasteiger partial charge in [0.2, 0.25) is 0 Å². The van der Waals surface area contributed by atoms with E-state index in [1.807, 2.05) is 45.0 Å². The van der Waals surface area contributed by atoms with Gasteiger partial charge in [-0.25, -0.2) is 0 Å². The Labute approximate surface area is 192 Å². The molecule has 1 nitrogen and oxygen atoms in total. The molecule has 0 bridgehead atoms. The van der Waals surface area contributed by atoms with Crippen molar-refractivity contribution < 1.29 is 4.79 Å². The zero-order valence-corrected chi connectivity index (χ0v) is 21.1. The topological polar surface area (TPSA) is 17.1 Å². The number of carbonyl (C=O) groups excluding carboxylic acids is 1. The average molecular weight is 419 g/mol. The van der Waals surface area contributed by atoms with Crippen molar-refractivity contribution in [1.82, 2.24) is 0 Å². The molecule has 0 N–H and O–H groups in total. The zero-order valence-electron chi connectivity index (χ0n) is 21.1. The summed E-state index contributed by atoms with van der Waals surface area (Å²) >= 11 is 0. The molecule has 1 unspecified atom stereocenters. The van der Waals surface area contributed by atoms with Crippen molar-refractivity contribution in [3.63, 3.8) is 0 Å². The molecule has 0 spiro atoms. The summed E-state index contributed by atoms with van der Waals surface area (Å²) in [5.41, 5.74) is 1.72. The maximum atomic E-state index is 11.6. The molecule has 0 aromatic heterocycles. The van der Waals surface area contributed by atoms with Crippen LogP contribution in [0.15, 0.2) is 24.3 Å². The van der Waals surface area contributed by atoms with Gasteiger partial charge in [-0.05, 0) is 57.1 Å². The van der Waals surface area contributed by atoms with Crippen molar-refractivity contribution >= 4 is 5.78 Å². The summed E-state index contributed by atoms with van der Waals surface area (Å²) in [7, 11) is 0. The van der Waals surface area contributed by atoms with E-state index in [0.29, 0.717) is 5.92 Å². The lowest BCUT2D eigenvalue weighted by Gasteiger charge is -2.19. The molecule has 0 fully saturated rings. The van der Waals surface area contributed by atoms with E-state index in [9.17, 15) is 4.79 Å². The second kappa shape index (κ2) is 17.3. The Morgan fingerprint density at radius 2 is 1.52 bits per heavy atom. The molecule has 1 aromatic carbocycles. The highest BCUT2D eigenvalue weighted by Gasteiger charge is 2.12. The number of rotatable bonds is 3. The lowest BCUT2D eigenvalue weighted by atomic mass is 9.86. The Kier molecular flexibility index (Phi) is 15.9. The molecule has 1 atom stereocenters. The molecular formula is C30H42O. The van der Waals surface area contributed by atoms with Gasteiger partial charge >= 0.3 is 0 Å². The van der Waals surface area contributed by atoms with Crippen LogP contribution in [0.5, 0.6) is 0 Å².